The SMILES string of the molecule is C=S(C)(=O)Cc1ccc2c(c1)S(=O)(=O)N=C(c1c([O-])n3ccccc3c(Cc3cc(F)cc(F)c3)c1=O)N2.[Na+]. The van der Waals surface area contributed by atoms with Gasteiger partial charge in [-0.05, 0) is 68.8 Å². The number of anilines is 1. The number of nitrogens with one attached hydrogen (secondary N) is 1. The molecule has 0 saturated heterocycles. The second-order valence-electron chi connectivity index (χ2n) is 9.10. The zero-order chi connectivity index (χ0) is 27.4. The fraction of sp³-hybridized carbons (Fsp3) is 0.115. The van der Waals surface area contributed by atoms with Gasteiger partial charge < -0.3 is 14.8 Å². The van der Waals surface area contributed by atoms with Crippen molar-refractivity contribution in [3.05, 3.63) is 105 Å². The van der Waals surface area contributed by atoms with E-state index in [4.69, 9.17) is 0 Å². The van der Waals surface area contributed by atoms with E-state index in [1.165, 1.54) is 30.7 Å². The van der Waals surface area contributed by atoms with Crippen LogP contribution in [0, 0.1) is 11.6 Å². The molecule has 1 aliphatic rings. The van der Waals surface area contributed by atoms with Crippen LogP contribution in [0.15, 0.2) is 74.9 Å². The fourth-order valence-electron chi connectivity index (χ4n) is 4.40. The molecule has 2 aromatic heterocycles. The summed E-state index contributed by atoms with van der Waals surface area (Å²) in [5.41, 5.74) is -0.426. The molecule has 0 saturated carbocycles. The van der Waals surface area contributed by atoms with Crippen molar-refractivity contribution in [3.63, 3.8) is 0 Å². The normalized spacial score (nSPS) is 15.4. The van der Waals surface area contributed by atoms with Crippen molar-refractivity contribution in [2.45, 2.75) is 17.1 Å². The van der Waals surface area contributed by atoms with E-state index in [9.17, 15) is 31.3 Å². The first-order valence-electron chi connectivity index (χ1n) is 11.2. The Morgan fingerprint density at radius 1 is 1.08 bits per heavy atom. The van der Waals surface area contributed by atoms with Crippen LogP contribution in [0.2, 0.25) is 0 Å². The van der Waals surface area contributed by atoms with Gasteiger partial charge in [0.15, 0.2) is 11.3 Å². The van der Waals surface area contributed by atoms with Gasteiger partial charge in [-0.1, -0.05) is 12.1 Å². The molecule has 0 radical (unpaired) electrons. The fourth-order valence-corrected chi connectivity index (χ4v) is 6.46. The molecule has 1 aliphatic heterocycles. The van der Waals surface area contributed by atoms with Gasteiger partial charge in [0.25, 0.3) is 10.0 Å². The molecular weight excluding hydrogens is 559 g/mol. The Bertz CT molecular complexity index is 1940. The zero-order valence-corrected chi connectivity index (χ0v) is 24.5. The summed E-state index contributed by atoms with van der Waals surface area (Å²) in [6.07, 6.45) is 2.62. The summed E-state index contributed by atoms with van der Waals surface area (Å²) in [5.74, 6) is 0.681. The van der Waals surface area contributed by atoms with E-state index in [0.717, 1.165) is 16.5 Å². The summed E-state index contributed by atoms with van der Waals surface area (Å²) >= 11 is 0. The molecular formula is C26H20F2N3NaO5S2. The molecule has 0 fully saturated rings. The van der Waals surface area contributed by atoms with Crippen molar-refractivity contribution in [2.24, 2.45) is 4.40 Å². The first-order chi connectivity index (χ1) is 17.8. The molecule has 0 spiro atoms. The number of fused-ring (bicyclic) bond motifs is 2. The van der Waals surface area contributed by atoms with Gasteiger partial charge in [0.1, 0.15) is 16.5 Å². The molecule has 8 nitrogen and oxygen atoms in total. The molecule has 1 N–H and O–H groups in total. The number of benzene rings is 2. The monoisotopic (exact) mass is 579 g/mol. The average molecular weight is 580 g/mol. The standard InChI is InChI=1S/C26H21F2N3O5S2.Na/c1-37(2,34)14-15-6-7-20-22(12-15)38(35,36)30-25(29-20)23-24(32)19(11-16-9-17(27)13-18(28)10-16)21-5-3-4-8-31(21)26(23)33;/h3-10,12-13,33H,1,11,14H2,2H3,(H,29,30);/q;+1/p-1. The maximum atomic E-state index is 13.8. The van der Waals surface area contributed by atoms with E-state index >= 15 is 0 Å². The second-order valence-corrected chi connectivity index (χ2v) is 13.3. The van der Waals surface area contributed by atoms with Crippen molar-refractivity contribution in [3.8, 4) is 5.88 Å². The summed E-state index contributed by atoms with van der Waals surface area (Å²) < 4.78 is 70.8. The van der Waals surface area contributed by atoms with Gasteiger partial charge in [-0.25, -0.2) is 8.78 Å². The molecule has 13 heteroatoms. The Kier molecular flexibility index (Phi) is 7.80. The van der Waals surface area contributed by atoms with Crippen LogP contribution < -0.4 is 45.4 Å². The number of pyridine rings is 2. The van der Waals surface area contributed by atoms with E-state index in [0.29, 0.717) is 11.6 Å². The van der Waals surface area contributed by atoms with Crippen molar-refractivity contribution in [1.29, 1.82) is 0 Å². The van der Waals surface area contributed by atoms with E-state index in [2.05, 4.69) is 15.6 Å². The Morgan fingerprint density at radius 2 is 1.77 bits per heavy atom. The number of hydrogen-bond acceptors (Lipinski definition) is 6. The third-order valence-electron chi connectivity index (χ3n) is 5.90. The summed E-state index contributed by atoms with van der Waals surface area (Å²) in [5, 5.41) is 16.1. The third kappa shape index (κ3) is 5.80. The first kappa shape index (κ1) is 29.0. The Morgan fingerprint density at radius 3 is 2.44 bits per heavy atom. The summed E-state index contributed by atoms with van der Waals surface area (Å²) in [6, 6.07) is 11.8. The molecule has 4 aromatic rings. The van der Waals surface area contributed by atoms with Gasteiger partial charge in [0.05, 0.1) is 16.8 Å². The van der Waals surface area contributed by atoms with Crippen molar-refractivity contribution >= 4 is 42.5 Å². The number of nitrogens with zero attached hydrogens (tertiary/aromatic N) is 2. The molecule has 5 rings (SSSR count). The molecule has 1 unspecified atom stereocenters. The van der Waals surface area contributed by atoms with Crippen molar-refractivity contribution in [2.75, 3.05) is 11.6 Å². The van der Waals surface area contributed by atoms with Crippen molar-refractivity contribution in [1.82, 2.24) is 4.40 Å². The minimum atomic E-state index is -4.36. The summed E-state index contributed by atoms with van der Waals surface area (Å²) in [7, 11) is -6.81. The molecule has 3 heterocycles. The van der Waals surface area contributed by atoms with E-state index < -0.39 is 53.9 Å². The number of sulfonamides is 1. The quantitative estimate of drug-likeness (QED) is 0.255. The predicted molar refractivity (Wildman–Crippen MR) is 141 cm³/mol. The van der Waals surface area contributed by atoms with Gasteiger partial charge in [-0.2, -0.15) is 8.42 Å². The maximum absolute atomic E-state index is 13.8. The van der Waals surface area contributed by atoms with Crippen LogP contribution >= 0.6 is 0 Å². The van der Waals surface area contributed by atoms with Crippen LogP contribution in [-0.2, 0) is 31.7 Å². The first-order valence-corrected chi connectivity index (χ1v) is 14.9. The Labute approximate surface area is 245 Å². The molecule has 2 aromatic carbocycles. The molecule has 0 aliphatic carbocycles. The zero-order valence-electron chi connectivity index (χ0n) is 20.9. The van der Waals surface area contributed by atoms with Crippen LogP contribution in [0.5, 0.6) is 5.88 Å². The number of rotatable bonds is 5. The maximum Gasteiger partial charge on any atom is 1.00 e. The molecule has 0 amide bonds. The minimum absolute atomic E-state index is 0. The minimum Gasteiger partial charge on any atom is -0.859 e. The molecule has 0 bridgehead atoms. The predicted octanol–water partition coefficient (Wildman–Crippen LogP) is -0.347. The van der Waals surface area contributed by atoms with Crippen LogP contribution in [-0.4, -0.2) is 35.0 Å². The van der Waals surface area contributed by atoms with E-state index in [-0.39, 0.29) is 69.0 Å². The average Bonchev–Trinajstić information content (AvgIpc) is 2.80. The van der Waals surface area contributed by atoms with Crippen molar-refractivity contribution < 1.29 is 56.1 Å². The van der Waals surface area contributed by atoms with Crippen LogP contribution in [0.1, 0.15) is 22.3 Å². The number of amidine groups is 1. The van der Waals surface area contributed by atoms with E-state index in [1.807, 2.05) is 0 Å². The summed E-state index contributed by atoms with van der Waals surface area (Å²) in [6.45, 7) is 0. The number of halogens is 2. The Balaban J connectivity index is 0.00000353. The molecule has 196 valence electrons. The molecule has 39 heavy (non-hydrogen) atoms. The second kappa shape index (κ2) is 10.5. The number of aromatic nitrogens is 1. The Hall–Kier alpha value is -3.03. The van der Waals surface area contributed by atoms with Crippen LogP contribution in [0.25, 0.3) is 5.52 Å². The smallest absolute Gasteiger partial charge is 0.859 e. The van der Waals surface area contributed by atoms with Gasteiger partial charge in [-0.15, -0.1) is 4.40 Å². The van der Waals surface area contributed by atoms with Crippen LogP contribution in [0.4, 0.5) is 14.5 Å². The largest absolute Gasteiger partial charge is 1.00 e. The molecule has 1 atom stereocenters. The van der Waals surface area contributed by atoms with Crippen LogP contribution in [0.3, 0.4) is 0 Å². The van der Waals surface area contributed by atoms with Gasteiger partial charge in [-0.3, -0.25) is 9.00 Å². The topological polar surface area (TPSA) is 120 Å². The van der Waals surface area contributed by atoms with Gasteiger partial charge >= 0.3 is 29.6 Å². The van der Waals surface area contributed by atoms with Gasteiger partial charge in [0.2, 0.25) is 0 Å². The number of hydrogen-bond donors (Lipinski definition) is 1. The van der Waals surface area contributed by atoms with Gasteiger partial charge in [0, 0.05) is 36.3 Å². The van der Waals surface area contributed by atoms with E-state index in [1.54, 1.807) is 18.2 Å². The third-order valence-corrected chi connectivity index (χ3v) is 8.16. The summed E-state index contributed by atoms with van der Waals surface area (Å²) in [4.78, 5) is 13.5.